The van der Waals surface area contributed by atoms with Crippen LogP contribution in [0, 0.1) is 0 Å². The van der Waals surface area contributed by atoms with Crippen LogP contribution in [0.5, 0.6) is 0 Å². The smallest absolute Gasteiger partial charge is 0.246 e. The molecule has 1 fully saturated rings. The molecule has 1 aromatic rings. The molecule has 6 nitrogen and oxygen atoms in total. The van der Waals surface area contributed by atoms with Crippen molar-refractivity contribution in [1.29, 1.82) is 0 Å². The summed E-state index contributed by atoms with van der Waals surface area (Å²) in [5.74, 6) is 0.789. The highest BCUT2D eigenvalue weighted by molar-refractivity contribution is 5.98. The lowest BCUT2D eigenvalue weighted by molar-refractivity contribution is -0.117. The topological polar surface area (TPSA) is 60.0 Å². The molecule has 1 aromatic carbocycles. The summed E-state index contributed by atoms with van der Waals surface area (Å²) in [5.41, 5.74) is 2.31. The van der Waals surface area contributed by atoms with Crippen molar-refractivity contribution in [2.45, 2.75) is 32.1 Å². The number of amides is 1. The van der Waals surface area contributed by atoms with Crippen molar-refractivity contribution in [3.63, 3.8) is 0 Å². The third kappa shape index (κ3) is 4.97. The molecule has 142 valence electrons. The monoisotopic (exact) mass is 357 g/mol. The van der Waals surface area contributed by atoms with Gasteiger partial charge in [-0.05, 0) is 50.4 Å². The first-order valence-corrected chi connectivity index (χ1v) is 9.83. The number of nitrogens with zero attached hydrogens (tertiary/aromatic N) is 3. The number of anilines is 1. The highest BCUT2D eigenvalue weighted by Crippen LogP contribution is 2.26. The lowest BCUT2D eigenvalue weighted by Gasteiger charge is -2.30. The van der Waals surface area contributed by atoms with E-state index in [1.807, 2.05) is 23.1 Å². The van der Waals surface area contributed by atoms with Crippen LogP contribution in [0.1, 0.15) is 31.2 Å². The summed E-state index contributed by atoms with van der Waals surface area (Å²) >= 11 is 0. The molecule has 0 unspecified atom stereocenters. The molecular weight excluding hydrogens is 326 g/mol. The highest BCUT2D eigenvalue weighted by atomic mass is 16.2. The fraction of sp³-hybridized carbons (Fsp3) is 0.600. The average Bonchev–Trinajstić information content (AvgIpc) is 2.70. The van der Waals surface area contributed by atoms with Crippen LogP contribution in [-0.4, -0.2) is 63.1 Å². The number of nitrogens with one attached hydrogen (secondary N) is 2. The van der Waals surface area contributed by atoms with E-state index >= 15 is 0 Å². The van der Waals surface area contributed by atoms with Gasteiger partial charge in [0.05, 0.1) is 6.54 Å². The Labute approximate surface area is 156 Å². The maximum Gasteiger partial charge on any atom is 0.246 e. The molecule has 6 heteroatoms. The number of aryl methyl sites for hydroxylation is 1. The second-order valence-corrected chi connectivity index (χ2v) is 7.03. The number of para-hydroxylation sites is 1. The predicted molar refractivity (Wildman–Crippen MR) is 107 cm³/mol. The van der Waals surface area contributed by atoms with E-state index < -0.39 is 0 Å². The van der Waals surface area contributed by atoms with Gasteiger partial charge in [-0.1, -0.05) is 24.6 Å². The summed E-state index contributed by atoms with van der Waals surface area (Å²) in [7, 11) is 1.75. The molecule has 0 aliphatic carbocycles. The van der Waals surface area contributed by atoms with Crippen LogP contribution >= 0.6 is 0 Å². The predicted octanol–water partition coefficient (Wildman–Crippen LogP) is 1.62. The molecule has 0 saturated carbocycles. The number of hydrogen-bond acceptors (Lipinski definition) is 3. The Morgan fingerprint density at radius 1 is 1.08 bits per heavy atom. The molecule has 2 heterocycles. The molecule has 1 saturated heterocycles. The van der Waals surface area contributed by atoms with E-state index in [0.717, 1.165) is 38.2 Å². The van der Waals surface area contributed by atoms with Gasteiger partial charge in [0.1, 0.15) is 0 Å². The van der Waals surface area contributed by atoms with Crippen LogP contribution in [0.3, 0.4) is 0 Å². The van der Waals surface area contributed by atoms with Gasteiger partial charge in [-0.15, -0.1) is 0 Å². The Morgan fingerprint density at radius 3 is 2.69 bits per heavy atom. The molecule has 2 N–H and O–H groups in total. The van der Waals surface area contributed by atoms with E-state index in [1.54, 1.807) is 7.05 Å². The summed E-state index contributed by atoms with van der Waals surface area (Å²) in [6, 6.07) is 8.19. The second kappa shape index (κ2) is 9.57. The van der Waals surface area contributed by atoms with Crippen molar-refractivity contribution in [3.8, 4) is 0 Å². The normalized spacial score (nSPS) is 18.3. The fourth-order valence-corrected chi connectivity index (χ4v) is 3.78. The van der Waals surface area contributed by atoms with E-state index in [2.05, 4.69) is 26.6 Å². The molecule has 26 heavy (non-hydrogen) atoms. The number of carbonyl (C=O) groups excluding carboxylic acids is 1. The minimum Gasteiger partial charge on any atom is -0.355 e. The highest BCUT2D eigenvalue weighted by Gasteiger charge is 2.22. The van der Waals surface area contributed by atoms with Crippen molar-refractivity contribution in [2.75, 3.05) is 51.2 Å². The maximum absolute atomic E-state index is 12.7. The first-order chi connectivity index (χ1) is 12.8. The van der Waals surface area contributed by atoms with Crippen LogP contribution in [0.2, 0.25) is 0 Å². The Bertz CT molecular complexity index is 624. The number of piperidine rings is 1. The summed E-state index contributed by atoms with van der Waals surface area (Å²) in [4.78, 5) is 21.3. The van der Waals surface area contributed by atoms with E-state index in [-0.39, 0.29) is 12.5 Å². The average molecular weight is 358 g/mol. The first-order valence-electron chi connectivity index (χ1n) is 9.83. The third-order valence-electron chi connectivity index (χ3n) is 5.21. The Hall–Kier alpha value is -2.08. The lowest BCUT2D eigenvalue weighted by atomic mass is 10.0. The van der Waals surface area contributed by atoms with Crippen LogP contribution in [0.25, 0.3) is 0 Å². The molecule has 3 rings (SSSR count). The summed E-state index contributed by atoms with van der Waals surface area (Å²) < 4.78 is 0. The van der Waals surface area contributed by atoms with Gasteiger partial charge >= 0.3 is 0 Å². The summed E-state index contributed by atoms with van der Waals surface area (Å²) in [5, 5.41) is 6.48. The number of likely N-dealkylation sites (tertiary alicyclic amines) is 1. The molecule has 0 radical (unpaired) electrons. The SMILES string of the molecule is CN=C(NCCN1CCCCC1)NCC(=O)N1CCCc2ccccc21. The lowest BCUT2D eigenvalue weighted by Crippen LogP contribution is -2.47. The van der Waals surface area contributed by atoms with E-state index in [1.165, 1.54) is 37.9 Å². The maximum atomic E-state index is 12.7. The van der Waals surface area contributed by atoms with Crippen molar-refractivity contribution in [1.82, 2.24) is 15.5 Å². The number of hydrogen-bond donors (Lipinski definition) is 2. The van der Waals surface area contributed by atoms with Gasteiger partial charge in [0.2, 0.25) is 5.91 Å². The zero-order chi connectivity index (χ0) is 18.2. The van der Waals surface area contributed by atoms with Crippen molar-refractivity contribution in [3.05, 3.63) is 29.8 Å². The Balaban J connectivity index is 1.44. The first kappa shape index (κ1) is 18.7. The van der Waals surface area contributed by atoms with Gasteiger partial charge in [0.15, 0.2) is 5.96 Å². The number of fused-ring (bicyclic) bond motifs is 1. The molecule has 2 aliphatic rings. The van der Waals surface area contributed by atoms with Gasteiger partial charge in [0, 0.05) is 32.4 Å². The molecule has 0 spiro atoms. The van der Waals surface area contributed by atoms with E-state index in [9.17, 15) is 4.79 Å². The Kier molecular flexibility index (Phi) is 6.89. The molecule has 0 aromatic heterocycles. The Morgan fingerprint density at radius 2 is 1.88 bits per heavy atom. The van der Waals surface area contributed by atoms with Crippen LogP contribution in [0.15, 0.2) is 29.3 Å². The fourth-order valence-electron chi connectivity index (χ4n) is 3.78. The molecule has 0 atom stereocenters. The molecule has 1 amide bonds. The van der Waals surface area contributed by atoms with Crippen LogP contribution < -0.4 is 15.5 Å². The number of carbonyl (C=O) groups is 1. The van der Waals surface area contributed by atoms with E-state index in [4.69, 9.17) is 0 Å². The third-order valence-corrected chi connectivity index (χ3v) is 5.21. The second-order valence-electron chi connectivity index (χ2n) is 7.03. The molecule has 2 aliphatic heterocycles. The minimum atomic E-state index is 0.0936. The number of aliphatic imine (C=N–C) groups is 1. The van der Waals surface area contributed by atoms with Crippen molar-refractivity contribution >= 4 is 17.6 Å². The van der Waals surface area contributed by atoms with Crippen LogP contribution in [0.4, 0.5) is 5.69 Å². The zero-order valence-corrected chi connectivity index (χ0v) is 15.8. The standard InChI is InChI=1S/C20H31N5O/c1-21-20(22-11-15-24-12-5-2-6-13-24)23-16-19(26)25-14-7-9-17-8-3-4-10-18(17)25/h3-4,8,10H,2,5-7,9,11-16H2,1H3,(H2,21,22,23). The number of benzene rings is 1. The zero-order valence-electron chi connectivity index (χ0n) is 15.8. The molecule has 0 bridgehead atoms. The molecular formula is C20H31N5O. The van der Waals surface area contributed by atoms with Gasteiger partial charge in [-0.25, -0.2) is 0 Å². The largest absolute Gasteiger partial charge is 0.355 e. The van der Waals surface area contributed by atoms with Gasteiger partial charge in [-0.3, -0.25) is 9.79 Å². The summed E-state index contributed by atoms with van der Waals surface area (Å²) in [6.07, 6.45) is 6.03. The van der Waals surface area contributed by atoms with Crippen molar-refractivity contribution < 1.29 is 4.79 Å². The van der Waals surface area contributed by atoms with Crippen molar-refractivity contribution in [2.24, 2.45) is 4.99 Å². The number of guanidine groups is 1. The minimum absolute atomic E-state index is 0.0936. The van der Waals surface area contributed by atoms with Crippen LogP contribution in [-0.2, 0) is 11.2 Å². The van der Waals surface area contributed by atoms with Gasteiger partial charge in [-0.2, -0.15) is 0 Å². The van der Waals surface area contributed by atoms with Gasteiger partial charge in [0.25, 0.3) is 0 Å². The van der Waals surface area contributed by atoms with E-state index in [0.29, 0.717) is 5.96 Å². The quantitative estimate of drug-likeness (QED) is 0.621. The summed E-state index contributed by atoms with van der Waals surface area (Å²) in [6.45, 7) is 5.31. The number of rotatable bonds is 5. The van der Waals surface area contributed by atoms with Gasteiger partial charge < -0.3 is 20.4 Å².